The van der Waals surface area contributed by atoms with E-state index in [1.165, 1.54) is 0 Å². The lowest BCUT2D eigenvalue weighted by atomic mass is 9.98. The largest absolute Gasteiger partial charge is 0.494 e. The zero-order valence-electron chi connectivity index (χ0n) is 16.6. The molecule has 1 N–H and O–H groups in total. The number of likely N-dealkylation sites (tertiary alicyclic amines) is 1. The molecule has 2 amide bonds. The maximum atomic E-state index is 12.6. The van der Waals surface area contributed by atoms with Crippen molar-refractivity contribution in [1.82, 2.24) is 4.90 Å². The lowest BCUT2D eigenvalue weighted by molar-refractivity contribution is 0.0697. The number of hydrogen-bond acceptors (Lipinski definition) is 3. The van der Waals surface area contributed by atoms with Crippen molar-refractivity contribution in [3.05, 3.63) is 59.7 Å². The maximum Gasteiger partial charge on any atom is 0.255 e. The fraction of sp³-hybridized carbons (Fsp3) is 0.391. The summed E-state index contributed by atoms with van der Waals surface area (Å²) in [6, 6.07) is 14.2. The first-order valence-electron chi connectivity index (χ1n) is 10.0. The van der Waals surface area contributed by atoms with Crippen LogP contribution >= 0.6 is 0 Å². The lowest BCUT2D eigenvalue weighted by Gasteiger charge is -2.30. The summed E-state index contributed by atoms with van der Waals surface area (Å²) >= 11 is 0. The molecule has 3 rings (SSSR count). The van der Waals surface area contributed by atoms with Crippen molar-refractivity contribution >= 4 is 17.5 Å². The Morgan fingerprint density at radius 1 is 1.00 bits per heavy atom. The number of nitrogens with one attached hydrogen (secondary N) is 1. The predicted octanol–water partition coefficient (Wildman–Crippen LogP) is 4.60. The second-order valence-electron chi connectivity index (χ2n) is 7.38. The van der Waals surface area contributed by atoms with E-state index in [2.05, 4.69) is 12.2 Å². The number of carbonyl (C=O) groups excluding carboxylic acids is 2. The van der Waals surface area contributed by atoms with Gasteiger partial charge in [-0.05, 0) is 73.7 Å². The van der Waals surface area contributed by atoms with Crippen LogP contribution in [0.25, 0.3) is 0 Å². The van der Waals surface area contributed by atoms with Crippen molar-refractivity contribution in [2.24, 2.45) is 5.92 Å². The van der Waals surface area contributed by atoms with Gasteiger partial charge in [0.05, 0.1) is 6.61 Å². The number of amides is 2. The van der Waals surface area contributed by atoms with E-state index in [1.54, 1.807) is 48.5 Å². The summed E-state index contributed by atoms with van der Waals surface area (Å²) in [4.78, 5) is 26.9. The Hall–Kier alpha value is -2.82. The van der Waals surface area contributed by atoms with E-state index in [0.717, 1.165) is 38.1 Å². The van der Waals surface area contributed by atoms with Crippen LogP contribution in [0.1, 0.15) is 53.8 Å². The van der Waals surface area contributed by atoms with E-state index in [4.69, 9.17) is 4.74 Å². The summed E-state index contributed by atoms with van der Waals surface area (Å²) in [5.74, 6) is 1.32. The Labute approximate surface area is 166 Å². The number of anilines is 1. The molecule has 28 heavy (non-hydrogen) atoms. The Bertz CT molecular complexity index is 792. The second-order valence-corrected chi connectivity index (χ2v) is 7.38. The number of piperidine rings is 1. The maximum absolute atomic E-state index is 12.6. The van der Waals surface area contributed by atoms with Crippen molar-refractivity contribution in [2.75, 3.05) is 25.0 Å². The predicted molar refractivity (Wildman–Crippen MR) is 111 cm³/mol. The minimum Gasteiger partial charge on any atom is -0.494 e. The molecule has 0 bridgehead atoms. The van der Waals surface area contributed by atoms with Gasteiger partial charge >= 0.3 is 0 Å². The molecule has 5 nitrogen and oxygen atoms in total. The third-order valence-electron chi connectivity index (χ3n) is 5.05. The first-order chi connectivity index (χ1) is 13.6. The molecular weight excluding hydrogens is 352 g/mol. The van der Waals surface area contributed by atoms with Gasteiger partial charge in [-0.25, -0.2) is 0 Å². The molecule has 0 spiro atoms. The van der Waals surface area contributed by atoms with Crippen LogP contribution in [0.3, 0.4) is 0 Å². The minimum atomic E-state index is -0.189. The van der Waals surface area contributed by atoms with Crippen LogP contribution in [-0.2, 0) is 0 Å². The molecule has 0 saturated carbocycles. The topological polar surface area (TPSA) is 58.6 Å². The van der Waals surface area contributed by atoms with Crippen molar-refractivity contribution in [3.8, 4) is 5.75 Å². The van der Waals surface area contributed by atoms with Crippen LogP contribution in [0.5, 0.6) is 5.75 Å². The Kier molecular flexibility index (Phi) is 6.69. The molecule has 1 heterocycles. The van der Waals surface area contributed by atoms with Gasteiger partial charge in [-0.2, -0.15) is 0 Å². The number of rotatable bonds is 6. The highest BCUT2D eigenvalue weighted by Crippen LogP contribution is 2.20. The van der Waals surface area contributed by atoms with Crippen LogP contribution in [-0.4, -0.2) is 36.4 Å². The smallest absolute Gasteiger partial charge is 0.255 e. The van der Waals surface area contributed by atoms with Gasteiger partial charge in [0, 0.05) is 29.9 Å². The first-order valence-corrected chi connectivity index (χ1v) is 10.0. The lowest BCUT2D eigenvalue weighted by Crippen LogP contribution is -2.37. The van der Waals surface area contributed by atoms with E-state index >= 15 is 0 Å². The number of carbonyl (C=O) groups is 2. The Morgan fingerprint density at radius 3 is 2.21 bits per heavy atom. The average molecular weight is 380 g/mol. The summed E-state index contributed by atoms with van der Waals surface area (Å²) in [7, 11) is 0. The summed E-state index contributed by atoms with van der Waals surface area (Å²) in [5, 5.41) is 2.87. The highest BCUT2D eigenvalue weighted by atomic mass is 16.5. The molecule has 5 heteroatoms. The first kappa shape index (κ1) is 19.9. The standard InChI is InChI=1S/C23H28N2O3/c1-3-16-28-21-10-6-18(7-11-21)22(26)24-20-8-4-19(5-9-20)23(27)25-14-12-17(2)13-15-25/h4-11,17H,3,12-16H2,1-2H3,(H,24,26). The van der Waals surface area contributed by atoms with E-state index in [-0.39, 0.29) is 11.8 Å². The number of benzene rings is 2. The van der Waals surface area contributed by atoms with E-state index in [0.29, 0.717) is 29.3 Å². The van der Waals surface area contributed by atoms with Gasteiger partial charge in [-0.3, -0.25) is 9.59 Å². The van der Waals surface area contributed by atoms with Gasteiger partial charge in [0.2, 0.25) is 0 Å². The van der Waals surface area contributed by atoms with Gasteiger partial charge in [-0.15, -0.1) is 0 Å². The SMILES string of the molecule is CCCOc1ccc(C(=O)Nc2ccc(C(=O)N3CCC(C)CC3)cc2)cc1. The van der Waals surface area contributed by atoms with E-state index in [9.17, 15) is 9.59 Å². The van der Waals surface area contributed by atoms with Crippen molar-refractivity contribution in [1.29, 1.82) is 0 Å². The fourth-order valence-electron chi connectivity index (χ4n) is 3.22. The summed E-state index contributed by atoms with van der Waals surface area (Å²) in [6.45, 7) is 6.57. The highest BCUT2D eigenvalue weighted by Gasteiger charge is 2.21. The molecule has 1 aliphatic heterocycles. The zero-order valence-corrected chi connectivity index (χ0v) is 16.6. The molecule has 2 aromatic rings. The molecule has 1 fully saturated rings. The minimum absolute atomic E-state index is 0.0624. The molecule has 0 aliphatic carbocycles. The molecule has 0 radical (unpaired) electrons. The monoisotopic (exact) mass is 380 g/mol. The molecule has 1 aliphatic rings. The van der Waals surface area contributed by atoms with Crippen LogP contribution in [0.15, 0.2) is 48.5 Å². The van der Waals surface area contributed by atoms with Gasteiger partial charge in [0.1, 0.15) is 5.75 Å². The number of hydrogen-bond donors (Lipinski definition) is 1. The van der Waals surface area contributed by atoms with Gasteiger partial charge < -0.3 is 15.0 Å². The normalized spacial score (nSPS) is 14.6. The van der Waals surface area contributed by atoms with Crippen molar-refractivity contribution < 1.29 is 14.3 Å². The zero-order chi connectivity index (χ0) is 19.9. The molecule has 0 atom stereocenters. The van der Waals surface area contributed by atoms with Crippen LogP contribution in [0.4, 0.5) is 5.69 Å². The third-order valence-corrected chi connectivity index (χ3v) is 5.05. The molecular formula is C23H28N2O3. The molecule has 2 aromatic carbocycles. The molecule has 0 aromatic heterocycles. The van der Waals surface area contributed by atoms with Gasteiger partial charge in [-0.1, -0.05) is 13.8 Å². The van der Waals surface area contributed by atoms with Gasteiger partial charge in [0.25, 0.3) is 11.8 Å². The Morgan fingerprint density at radius 2 is 1.61 bits per heavy atom. The van der Waals surface area contributed by atoms with Crippen LogP contribution in [0, 0.1) is 5.92 Å². The van der Waals surface area contributed by atoms with Crippen molar-refractivity contribution in [2.45, 2.75) is 33.1 Å². The van der Waals surface area contributed by atoms with Crippen molar-refractivity contribution in [3.63, 3.8) is 0 Å². The number of nitrogens with zero attached hydrogens (tertiary/aromatic N) is 1. The third kappa shape index (κ3) is 5.12. The second kappa shape index (κ2) is 9.40. The summed E-state index contributed by atoms with van der Waals surface area (Å²) < 4.78 is 5.53. The average Bonchev–Trinajstić information content (AvgIpc) is 2.73. The quantitative estimate of drug-likeness (QED) is 0.797. The highest BCUT2D eigenvalue weighted by molar-refractivity contribution is 6.04. The van der Waals surface area contributed by atoms with Gasteiger partial charge in [0.15, 0.2) is 0 Å². The van der Waals surface area contributed by atoms with E-state index < -0.39 is 0 Å². The Balaban J connectivity index is 1.57. The summed E-state index contributed by atoms with van der Waals surface area (Å²) in [6.07, 6.45) is 3.06. The van der Waals surface area contributed by atoms with Crippen LogP contribution < -0.4 is 10.1 Å². The summed E-state index contributed by atoms with van der Waals surface area (Å²) in [5.41, 5.74) is 1.89. The van der Waals surface area contributed by atoms with E-state index in [1.807, 2.05) is 11.8 Å². The molecule has 0 unspecified atom stereocenters. The fourth-order valence-corrected chi connectivity index (χ4v) is 3.22. The molecule has 148 valence electrons. The number of ether oxygens (including phenoxy) is 1. The molecule has 1 saturated heterocycles. The van der Waals surface area contributed by atoms with Crippen LogP contribution in [0.2, 0.25) is 0 Å².